The van der Waals surface area contributed by atoms with Gasteiger partial charge in [0.05, 0.1) is 26.0 Å². The Labute approximate surface area is 217 Å². The van der Waals surface area contributed by atoms with Crippen molar-refractivity contribution in [3.8, 4) is 17.2 Å². The van der Waals surface area contributed by atoms with Gasteiger partial charge in [0.1, 0.15) is 5.75 Å². The molecule has 0 fully saturated rings. The normalized spacial score (nSPS) is 12.9. The van der Waals surface area contributed by atoms with Crippen LogP contribution in [0.25, 0.3) is 0 Å². The first-order valence-corrected chi connectivity index (χ1v) is 11.4. The van der Waals surface area contributed by atoms with Crippen molar-refractivity contribution in [2.75, 3.05) is 38.2 Å². The van der Waals surface area contributed by atoms with Crippen molar-refractivity contribution in [2.45, 2.75) is 19.3 Å². The molecule has 8 nitrogen and oxygen atoms in total. The summed E-state index contributed by atoms with van der Waals surface area (Å²) in [4.78, 5) is 4.74. The number of benzene rings is 2. The smallest absolute Gasteiger partial charge is 0.195 e. The molecule has 0 bridgehead atoms. The van der Waals surface area contributed by atoms with E-state index in [0.29, 0.717) is 32.3 Å². The first-order valence-electron chi connectivity index (χ1n) is 11.4. The van der Waals surface area contributed by atoms with Gasteiger partial charge in [0, 0.05) is 50.9 Å². The largest absolute Gasteiger partial charge is 0.494 e. The summed E-state index contributed by atoms with van der Waals surface area (Å²) < 4.78 is 19.1. The fourth-order valence-electron chi connectivity index (χ4n) is 3.41. The summed E-state index contributed by atoms with van der Waals surface area (Å²) >= 11 is 0. The number of hydrogen-bond donors (Lipinski definition) is 2. The van der Waals surface area contributed by atoms with Crippen LogP contribution >= 0.6 is 24.0 Å². The lowest BCUT2D eigenvalue weighted by molar-refractivity contribution is 0.297. The Morgan fingerprint density at radius 3 is 2.74 bits per heavy atom. The molecule has 1 aliphatic rings. The molecule has 0 saturated carbocycles. The van der Waals surface area contributed by atoms with Gasteiger partial charge in [-0.05, 0) is 36.2 Å². The average Bonchev–Trinajstić information content (AvgIpc) is 3.10. The van der Waals surface area contributed by atoms with E-state index >= 15 is 0 Å². The molecular weight excluding hydrogens is 545 g/mol. The number of anilines is 1. The fourth-order valence-corrected chi connectivity index (χ4v) is 3.41. The van der Waals surface area contributed by atoms with E-state index in [2.05, 4.69) is 15.7 Å². The summed E-state index contributed by atoms with van der Waals surface area (Å²) in [5.41, 5.74) is 2.07. The van der Waals surface area contributed by atoms with Crippen LogP contribution < -0.4 is 24.8 Å². The van der Waals surface area contributed by atoms with E-state index in [9.17, 15) is 0 Å². The van der Waals surface area contributed by atoms with Crippen LogP contribution in [0.4, 0.5) is 5.69 Å². The number of fused-ring (bicyclic) bond motifs is 1. The number of aromatic nitrogens is 2. The van der Waals surface area contributed by atoms with E-state index in [4.69, 9.17) is 19.2 Å². The van der Waals surface area contributed by atoms with Crippen molar-refractivity contribution in [3.05, 3.63) is 66.5 Å². The second kappa shape index (κ2) is 13.7. The lowest BCUT2D eigenvalue weighted by atomic mass is 10.2. The number of hydrogen-bond acceptors (Lipinski definition) is 5. The van der Waals surface area contributed by atoms with E-state index in [-0.39, 0.29) is 24.0 Å². The third-order valence-electron chi connectivity index (χ3n) is 5.06. The molecule has 34 heavy (non-hydrogen) atoms. The van der Waals surface area contributed by atoms with E-state index in [1.807, 2.05) is 72.7 Å². The molecule has 182 valence electrons. The maximum Gasteiger partial charge on any atom is 0.195 e. The van der Waals surface area contributed by atoms with Crippen LogP contribution in [-0.2, 0) is 13.5 Å². The third-order valence-corrected chi connectivity index (χ3v) is 5.06. The molecule has 0 radical (unpaired) electrons. The molecule has 0 saturated heterocycles. The summed E-state index contributed by atoms with van der Waals surface area (Å²) in [6.45, 7) is 3.32. The Bertz CT molecular complexity index is 1040. The Balaban J connectivity index is 0.00000324. The minimum atomic E-state index is 0. The van der Waals surface area contributed by atoms with Crippen molar-refractivity contribution in [2.24, 2.45) is 12.0 Å². The minimum Gasteiger partial charge on any atom is -0.494 e. The average molecular weight is 577 g/mol. The van der Waals surface area contributed by atoms with E-state index in [1.165, 1.54) is 5.56 Å². The predicted molar refractivity (Wildman–Crippen MR) is 145 cm³/mol. The molecule has 1 aliphatic heterocycles. The molecule has 2 N–H and O–H groups in total. The van der Waals surface area contributed by atoms with Crippen LogP contribution in [0.3, 0.4) is 0 Å². The van der Waals surface area contributed by atoms with E-state index in [1.54, 1.807) is 0 Å². The Morgan fingerprint density at radius 1 is 1.12 bits per heavy atom. The molecule has 2 heterocycles. The van der Waals surface area contributed by atoms with Crippen molar-refractivity contribution in [3.63, 3.8) is 0 Å². The maximum absolute atomic E-state index is 5.82. The number of aliphatic imine (C=N–C) groups is 1. The topological polar surface area (TPSA) is 81.9 Å². The van der Waals surface area contributed by atoms with Crippen LogP contribution in [0.5, 0.6) is 17.2 Å². The van der Waals surface area contributed by atoms with Gasteiger partial charge in [-0.1, -0.05) is 18.2 Å². The van der Waals surface area contributed by atoms with Crippen LogP contribution in [0.1, 0.15) is 18.4 Å². The molecule has 0 spiro atoms. The van der Waals surface area contributed by atoms with Gasteiger partial charge in [-0.25, -0.2) is 0 Å². The lowest BCUT2D eigenvalue weighted by Gasteiger charge is -2.14. The summed E-state index contributed by atoms with van der Waals surface area (Å²) in [7, 11) is 1.92. The van der Waals surface area contributed by atoms with Crippen LogP contribution in [-0.4, -0.2) is 48.7 Å². The number of aryl methyl sites for hydroxylation is 1. The standard InChI is InChI=1S/C25H31N5O3.HI/c1-30-19-20(18-28-30)11-13-27-25(26-12-5-14-31-22-7-3-2-4-8-22)29-21-9-10-23-24(17-21)33-16-6-15-32-23;/h2-4,7-10,17-19H,5-6,11-16H2,1H3,(H2,26,27,29);1H. The number of para-hydroxylation sites is 1. The molecule has 3 aromatic rings. The number of halogens is 1. The lowest BCUT2D eigenvalue weighted by Crippen LogP contribution is -2.32. The number of nitrogens with zero attached hydrogens (tertiary/aromatic N) is 3. The molecule has 2 aromatic carbocycles. The zero-order chi connectivity index (χ0) is 22.7. The number of rotatable bonds is 9. The van der Waals surface area contributed by atoms with Gasteiger partial charge in [-0.2, -0.15) is 5.10 Å². The highest BCUT2D eigenvalue weighted by molar-refractivity contribution is 14.0. The summed E-state index contributed by atoms with van der Waals surface area (Å²) in [6, 6.07) is 15.7. The predicted octanol–water partition coefficient (Wildman–Crippen LogP) is 4.27. The van der Waals surface area contributed by atoms with Crippen molar-refractivity contribution >= 4 is 35.6 Å². The zero-order valence-corrected chi connectivity index (χ0v) is 21.7. The summed E-state index contributed by atoms with van der Waals surface area (Å²) in [6.07, 6.45) is 6.46. The third kappa shape index (κ3) is 8.12. The first kappa shape index (κ1) is 25.7. The molecule has 0 unspecified atom stereocenters. The second-order valence-corrected chi connectivity index (χ2v) is 7.78. The Hall–Kier alpha value is -2.95. The number of guanidine groups is 1. The molecule has 0 amide bonds. The highest BCUT2D eigenvalue weighted by Crippen LogP contribution is 2.32. The Kier molecular flexibility index (Phi) is 10.3. The van der Waals surface area contributed by atoms with Crippen molar-refractivity contribution < 1.29 is 14.2 Å². The van der Waals surface area contributed by atoms with Gasteiger partial charge in [0.2, 0.25) is 0 Å². The first-order chi connectivity index (χ1) is 16.3. The van der Waals surface area contributed by atoms with Gasteiger partial charge in [-0.15, -0.1) is 24.0 Å². The SMILES string of the molecule is Cn1cc(CCNC(=NCCCOc2ccccc2)Nc2ccc3c(c2)OCCCO3)cn1.I. The minimum absolute atomic E-state index is 0. The summed E-state index contributed by atoms with van der Waals surface area (Å²) in [5.74, 6) is 3.12. The van der Waals surface area contributed by atoms with Gasteiger partial charge in [0.25, 0.3) is 0 Å². The van der Waals surface area contributed by atoms with Gasteiger partial charge in [0.15, 0.2) is 17.5 Å². The molecule has 9 heteroatoms. The summed E-state index contributed by atoms with van der Waals surface area (Å²) in [5, 5.41) is 11.0. The van der Waals surface area contributed by atoms with E-state index < -0.39 is 0 Å². The van der Waals surface area contributed by atoms with Crippen LogP contribution in [0, 0.1) is 0 Å². The van der Waals surface area contributed by atoms with Gasteiger partial charge in [-0.3, -0.25) is 9.67 Å². The van der Waals surface area contributed by atoms with Crippen molar-refractivity contribution in [1.29, 1.82) is 0 Å². The number of ether oxygens (including phenoxy) is 3. The molecular formula is C25H32IN5O3. The van der Waals surface area contributed by atoms with E-state index in [0.717, 1.165) is 48.7 Å². The quantitative estimate of drug-likeness (QED) is 0.171. The second-order valence-electron chi connectivity index (χ2n) is 7.78. The molecule has 0 aliphatic carbocycles. The maximum atomic E-state index is 5.82. The fraction of sp³-hybridized carbons (Fsp3) is 0.360. The van der Waals surface area contributed by atoms with Gasteiger partial charge < -0.3 is 24.8 Å². The van der Waals surface area contributed by atoms with Crippen LogP contribution in [0.2, 0.25) is 0 Å². The molecule has 4 rings (SSSR count). The van der Waals surface area contributed by atoms with Crippen LogP contribution in [0.15, 0.2) is 65.9 Å². The zero-order valence-electron chi connectivity index (χ0n) is 19.4. The molecule has 1 aromatic heterocycles. The molecule has 0 atom stereocenters. The monoisotopic (exact) mass is 577 g/mol. The van der Waals surface area contributed by atoms with Gasteiger partial charge >= 0.3 is 0 Å². The highest BCUT2D eigenvalue weighted by atomic mass is 127. The number of nitrogens with one attached hydrogen (secondary N) is 2. The Morgan fingerprint density at radius 2 is 1.94 bits per heavy atom. The van der Waals surface area contributed by atoms with Crippen molar-refractivity contribution in [1.82, 2.24) is 15.1 Å². The highest BCUT2D eigenvalue weighted by Gasteiger charge is 2.11.